The van der Waals surface area contributed by atoms with E-state index in [0.717, 1.165) is 28.4 Å². The van der Waals surface area contributed by atoms with Gasteiger partial charge in [-0.15, -0.1) is 23.5 Å². The average Bonchev–Trinajstić information content (AvgIpc) is 2.83. The van der Waals surface area contributed by atoms with Crippen LogP contribution in [0.1, 0.15) is 18.9 Å². The standard InChI is InChI=1S/C13H18N2O2S2/c1-8-9(6-7-17-8)19-11-5-3-4-10(18-2)12(11)13(14)15-16/h3-5,8-9,16H,6-7H2,1-2H3,(H2,14,15). The zero-order chi connectivity index (χ0) is 13.8. The Hall–Kier alpha value is -0.850. The van der Waals surface area contributed by atoms with Gasteiger partial charge in [-0.3, -0.25) is 0 Å². The fourth-order valence-electron chi connectivity index (χ4n) is 2.11. The van der Waals surface area contributed by atoms with Crippen LogP contribution in [0.2, 0.25) is 0 Å². The summed E-state index contributed by atoms with van der Waals surface area (Å²) < 4.78 is 5.58. The van der Waals surface area contributed by atoms with Crippen LogP contribution in [0.4, 0.5) is 0 Å². The summed E-state index contributed by atoms with van der Waals surface area (Å²) in [6.07, 6.45) is 3.26. The summed E-state index contributed by atoms with van der Waals surface area (Å²) in [6, 6.07) is 6.00. The van der Waals surface area contributed by atoms with Gasteiger partial charge in [-0.05, 0) is 31.7 Å². The molecule has 104 valence electrons. The molecule has 3 N–H and O–H groups in total. The molecule has 1 aliphatic rings. The van der Waals surface area contributed by atoms with E-state index in [1.54, 1.807) is 23.5 Å². The molecule has 19 heavy (non-hydrogen) atoms. The predicted molar refractivity (Wildman–Crippen MR) is 80.4 cm³/mol. The number of benzene rings is 1. The molecule has 1 aliphatic heterocycles. The van der Waals surface area contributed by atoms with E-state index in [2.05, 4.69) is 12.1 Å². The average molecular weight is 298 g/mol. The van der Waals surface area contributed by atoms with Gasteiger partial charge in [-0.25, -0.2) is 0 Å². The van der Waals surface area contributed by atoms with Crippen molar-refractivity contribution in [1.82, 2.24) is 0 Å². The maximum Gasteiger partial charge on any atom is 0.172 e. The molecular weight excluding hydrogens is 280 g/mol. The van der Waals surface area contributed by atoms with Crippen LogP contribution in [0.3, 0.4) is 0 Å². The summed E-state index contributed by atoms with van der Waals surface area (Å²) in [6.45, 7) is 2.90. The van der Waals surface area contributed by atoms with Crippen molar-refractivity contribution in [2.24, 2.45) is 10.9 Å². The van der Waals surface area contributed by atoms with Crippen LogP contribution in [0.15, 0.2) is 33.1 Å². The summed E-state index contributed by atoms with van der Waals surface area (Å²) >= 11 is 3.34. The Kier molecular flexibility index (Phi) is 5.01. The van der Waals surface area contributed by atoms with Crippen molar-refractivity contribution in [3.8, 4) is 0 Å². The first kappa shape index (κ1) is 14.6. The molecular formula is C13H18N2O2S2. The fourth-order valence-corrected chi connectivity index (χ4v) is 4.11. The van der Waals surface area contributed by atoms with Gasteiger partial charge in [-0.1, -0.05) is 11.2 Å². The molecule has 1 heterocycles. The second-order valence-corrected chi connectivity index (χ2v) is 6.47. The Morgan fingerprint density at radius 1 is 1.47 bits per heavy atom. The smallest absolute Gasteiger partial charge is 0.172 e. The van der Waals surface area contributed by atoms with Crippen LogP contribution in [-0.2, 0) is 4.74 Å². The van der Waals surface area contributed by atoms with Crippen molar-refractivity contribution < 1.29 is 9.94 Å². The fraction of sp³-hybridized carbons (Fsp3) is 0.462. The summed E-state index contributed by atoms with van der Waals surface area (Å²) in [7, 11) is 0. The first-order valence-electron chi connectivity index (χ1n) is 6.10. The number of thioether (sulfide) groups is 2. The van der Waals surface area contributed by atoms with Gasteiger partial charge in [0.25, 0.3) is 0 Å². The number of nitrogens with zero attached hydrogens (tertiary/aromatic N) is 1. The zero-order valence-electron chi connectivity index (χ0n) is 11.0. The summed E-state index contributed by atoms with van der Waals surface area (Å²) in [4.78, 5) is 2.07. The van der Waals surface area contributed by atoms with E-state index in [0.29, 0.717) is 5.25 Å². The van der Waals surface area contributed by atoms with Crippen LogP contribution in [0, 0.1) is 0 Å². The highest BCUT2D eigenvalue weighted by atomic mass is 32.2. The van der Waals surface area contributed by atoms with Gasteiger partial charge in [-0.2, -0.15) is 0 Å². The van der Waals surface area contributed by atoms with Crippen molar-refractivity contribution in [3.63, 3.8) is 0 Å². The Morgan fingerprint density at radius 2 is 2.21 bits per heavy atom. The van der Waals surface area contributed by atoms with Crippen LogP contribution >= 0.6 is 23.5 Å². The number of oxime groups is 1. The summed E-state index contributed by atoms with van der Waals surface area (Å²) in [5, 5.41) is 12.5. The van der Waals surface area contributed by atoms with Gasteiger partial charge >= 0.3 is 0 Å². The first-order valence-corrected chi connectivity index (χ1v) is 8.21. The Labute approximate surface area is 121 Å². The molecule has 2 rings (SSSR count). The molecule has 0 spiro atoms. The minimum Gasteiger partial charge on any atom is -0.409 e. The van der Waals surface area contributed by atoms with Crippen molar-refractivity contribution in [2.75, 3.05) is 12.9 Å². The lowest BCUT2D eigenvalue weighted by atomic mass is 10.2. The van der Waals surface area contributed by atoms with E-state index in [4.69, 9.17) is 15.7 Å². The van der Waals surface area contributed by atoms with Gasteiger partial charge in [0.1, 0.15) is 0 Å². The maximum atomic E-state index is 8.97. The molecule has 0 aromatic heterocycles. The third-order valence-corrected chi connectivity index (χ3v) is 5.45. The third-order valence-electron chi connectivity index (χ3n) is 3.16. The van der Waals surface area contributed by atoms with E-state index in [1.165, 1.54) is 0 Å². The van der Waals surface area contributed by atoms with E-state index < -0.39 is 0 Å². The highest BCUT2D eigenvalue weighted by Gasteiger charge is 2.26. The van der Waals surface area contributed by atoms with Gasteiger partial charge < -0.3 is 15.7 Å². The van der Waals surface area contributed by atoms with Crippen molar-refractivity contribution >= 4 is 29.4 Å². The van der Waals surface area contributed by atoms with Crippen molar-refractivity contribution in [1.29, 1.82) is 0 Å². The number of hydrogen-bond donors (Lipinski definition) is 2. The molecule has 4 nitrogen and oxygen atoms in total. The Morgan fingerprint density at radius 3 is 2.79 bits per heavy atom. The molecule has 1 saturated heterocycles. The van der Waals surface area contributed by atoms with Crippen LogP contribution in [0.25, 0.3) is 0 Å². The summed E-state index contributed by atoms with van der Waals surface area (Å²) in [5.74, 6) is 0.166. The maximum absolute atomic E-state index is 8.97. The number of nitrogens with two attached hydrogens (primary N) is 1. The lowest BCUT2D eigenvalue weighted by Gasteiger charge is -2.17. The van der Waals surface area contributed by atoms with Gasteiger partial charge in [0.15, 0.2) is 5.84 Å². The normalized spacial score (nSPS) is 23.8. The monoisotopic (exact) mass is 298 g/mol. The topological polar surface area (TPSA) is 67.8 Å². The number of ether oxygens (including phenoxy) is 1. The SMILES string of the molecule is CSc1cccc(SC2CCOC2C)c1/C(N)=N/O. The summed E-state index contributed by atoms with van der Waals surface area (Å²) in [5.41, 5.74) is 6.64. The van der Waals surface area contributed by atoms with Crippen molar-refractivity contribution in [3.05, 3.63) is 23.8 Å². The van der Waals surface area contributed by atoms with Crippen LogP contribution < -0.4 is 5.73 Å². The van der Waals surface area contributed by atoms with Gasteiger partial charge in [0.2, 0.25) is 0 Å². The quantitative estimate of drug-likeness (QED) is 0.294. The molecule has 0 saturated carbocycles. The zero-order valence-corrected chi connectivity index (χ0v) is 12.6. The van der Waals surface area contributed by atoms with E-state index in [-0.39, 0.29) is 11.9 Å². The molecule has 0 bridgehead atoms. The molecule has 2 unspecified atom stereocenters. The molecule has 1 aromatic rings. The second-order valence-electron chi connectivity index (χ2n) is 4.34. The van der Waals surface area contributed by atoms with Crippen LogP contribution in [-0.4, -0.2) is 35.3 Å². The molecule has 0 radical (unpaired) electrons. The highest BCUT2D eigenvalue weighted by molar-refractivity contribution is 8.00. The van der Waals surface area contributed by atoms with E-state index >= 15 is 0 Å². The lowest BCUT2D eigenvalue weighted by molar-refractivity contribution is 0.127. The van der Waals surface area contributed by atoms with Crippen molar-refractivity contribution in [2.45, 2.75) is 34.5 Å². The number of amidine groups is 1. The number of hydrogen-bond acceptors (Lipinski definition) is 5. The lowest BCUT2D eigenvalue weighted by Crippen LogP contribution is -2.18. The Balaban J connectivity index is 2.33. The second kappa shape index (κ2) is 6.54. The predicted octanol–water partition coefficient (Wildman–Crippen LogP) is 2.77. The minimum absolute atomic E-state index is 0.166. The molecule has 2 atom stereocenters. The largest absolute Gasteiger partial charge is 0.409 e. The molecule has 1 aromatic carbocycles. The van der Waals surface area contributed by atoms with Gasteiger partial charge in [0.05, 0.1) is 6.10 Å². The van der Waals surface area contributed by atoms with Crippen LogP contribution in [0.5, 0.6) is 0 Å². The molecule has 1 fully saturated rings. The molecule has 0 aliphatic carbocycles. The van der Waals surface area contributed by atoms with Gasteiger partial charge in [0, 0.05) is 27.2 Å². The number of rotatable bonds is 4. The Bertz CT molecular complexity index is 480. The van der Waals surface area contributed by atoms with E-state index in [1.807, 2.05) is 24.5 Å². The molecule has 6 heteroatoms. The van der Waals surface area contributed by atoms with E-state index in [9.17, 15) is 0 Å². The molecule has 0 amide bonds. The highest BCUT2D eigenvalue weighted by Crippen LogP contribution is 2.37. The minimum atomic E-state index is 0.166. The third kappa shape index (κ3) is 3.19. The first-order chi connectivity index (χ1) is 9.17.